The lowest BCUT2D eigenvalue weighted by atomic mass is 10.2. The van der Waals surface area contributed by atoms with E-state index in [1.54, 1.807) is 0 Å². The molecule has 2 rings (SSSR count). The van der Waals surface area contributed by atoms with E-state index in [0.717, 1.165) is 19.1 Å². The molecule has 0 radical (unpaired) electrons. The number of nitrogens with one attached hydrogen (secondary N) is 1. The Kier molecular flexibility index (Phi) is 5.03. The highest BCUT2D eigenvalue weighted by Crippen LogP contribution is 2.22. The normalized spacial score (nSPS) is 17.6. The highest BCUT2D eigenvalue weighted by Gasteiger charge is 2.20. The Morgan fingerprint density at radius 2 is 2.35 bits per heavy atom. The summed E-state index contributed by atoms with van der Waals surface area (Å²) in [6.45, 7) is 4.53. The molecule has 1 saturated carbocycles. The topological polar surface area (TPSA) is 15.3 Å². The molecule has 1 heterocycles. The van der Waals surface area contributed by atoms with Gasteiger partial charge in [-0.05, 0) is 61.8 Å². The van der Waals surface area contributed by atoms with Gasteiger partial charge in [0, 0.05) is 33.4 Å². The minimum Gasteiger partial charge on any atom is -0.314 e. The molecule has 1 atom stereocenters. The Morgan fingerprint density at radius 3 is 2.94 bits per heavy atom. The number of rotatable bonds is 7. The highest BCUT2D eigenvalue weighted by molar-refractivity contribution is 9.10. The number of hydrogen-bond acceptors (Lipinski definition) is 3. The SMILES string of the molecule is CC(CCNC1CC1)N(C)Cc1cc(Br)cs1. The van der Waals surface area contributed by atoms with Crippen LogP contribution in [0.4, 0.5) is 0 Å². The highest BCUT2D eigenvalue weighted by atomic mass is 79.9. The molecule has 1 aromatic rings. The molecule has 0 aliphatic heterocycles. The van der Waals surface area contributed by atoms with Gasteiger partial charge >= 0.3 is 0 Å². The summed E-state index contributed by atoms with van der Waals surface area (Å²) in [6.07, 6.45) is 4.00. The third-order valence-corrected chi connectivity index (χ3v) is 5.03. The van der Waals surface area contributed by atoms with Crippen molar-refractivity contribution < 1.29 is 0 Å². The van der Waals surface area contributed by atoms with Gasteiger partial charge in [0.05, 0.1) is 0 Å². The predicted octanol–water partition coefficient (Wildman–Crippen LogP) is 3.47. The van der Waals surface area contributed by atoms with Gasteiger partial charge in [-0.25, -0.2) is 0 Å². The molecule has 17 heavy (non-hydrogen) atoms. The largest absolute Gasteiger partial charge is 0.314 e. The first kappa shape index (κ1) is 13.5. The Morgan fingerprint density at radius 1 is 1.59 bits per heavy atom. The predicted molar refractivity (Wildman–Crippen MR) is 78.6 cm³/mol. The van der Waals surface area contributed by atoms with Gasteiger partial charge in [-0.2, -0.15) is 0 Å². The Balaban J connectivity index is 1.68. The average molecular weight is 317 g/mol. The second-order valence-electron chi connectivity index (χ2n) is 5.01. The summed E-state index contributed by atoms with van der Waals surface area (Å²) < 4.78 is 1.20. The van der Waals surface area contributed by atoms with Gasteiger partial charge in [-0.3, -0.25) is 4.90 Å². The van der Waals surface area contributed by atoms with Gasteiger partial charge < -0.3 is 5.32 Å². The van der Waals surface area contributed by atoms with E-state index < -0.39 is 0 Å². The van der Waals surface area contributed by atoms with Crippen molar-refractivity contribution in [2.45, 2.75) is 44.8 Å². The van der Waals surface area contributed by atoms with E-state index in [-0.39, 0.29) is 0 Å². The number of halogens is 1. The van der Waals surface area contributed by atoms with Crippen LogP contribution in [-0.2, 0) is 6.54 Å². The van der Waals surface area contributed by atoms with Gasteiger partial charge in [0.25, 0.3) is 0 Å². The molecule has 96 valence electrons. The molecule has 1 aliphatic rings. The van der Waals surface area contributed by atoms with Crippen molar-refractivity contribution in [2.24, 2.45) is 0 Å². The lowest BCUT2D eigenvalue weighted by molar-refractivity contribution is 0.238. The lowest BCUT2D eigenvalue weighted by Gasteiger charge is -2.24. The van der Waals surface area contributed by atoms with Crippen LogP contribution in [0, 0.1) is 0 Å². The second kappa shape index (κ2) is 6.32. The first-order valence-corrected chi connectivity index (χ1v) is 7.99. The molecular formula is C13H21BrN2S. The van der Waals surface area contributed by atoms with Crippen molar-refractivity contribution in [1.29, 1.82) is 0 Å². The fourth-order valence-corrected chi connectivity index (χ4v) is 3.36. The van der Waals surface area contributed by atoms with E-state index in [2.05, 4.69) is 51.6 Å². The molecule has 1 unspecified atom stereocenters. The third-order valence-electron chi connectivity index (χ3n) is 3.35. The maximum Gasteiger partial charge on any atom is 0.0328 e. The molecule has 0 spiro atoms. The Hall–Kier alpha value is 0.1000. The zero-order chi connectivity index (χ0) is 12.3. The van der Waals surface area contributed by atoms with E-state index in [1.165, 1.54) is 28.6 Å². The van der Waals surface area contributed by atoms with Crippen molar-refractivity contribution in [3.05, 3.63) is 20.8 Å². The maximum absolute atomic E-state index is 3.58. The molecule has 1 aliphatic carbocycles. The van der Waals surface area contributed by atoms with E-state index in [0.29, 0.717) is 6.04 Å². The van der Waals surface area contributed by atoms with Crippen LogP contribution in [0.25, 0.3) is 0 Å². The number of nitrogens with zero attached hydrogens (tertiary/aromatic N) is 1. The maximum atomic E-state index is 3.58. The van der Waals surface area contributed by atoms with Gasteiger partial charge in [0.15, 0.2) is 0 Å². The first-order chi connectivity index (χ1) is 8.15. The molecule has 2 nitrogen and oxygen atoms in total. The molecule has 1 aromatic heterocycles. The second-order valence-corrected chi connectivity index (χ2v) is 6.92. The van der Waals surface area contributed by atoms with Crippen LogP contribution < -0.4 is 5.32 Å². The molecule has 0 bridgehead atoms. The van der Waals surface area contributed by atoms with Crippen LogP contribution in [-0.4, -0.2) is 30.6 Å². The molecule has 4 heteroatoms. The smallest absolute Gasteiger partial charge is 0.0328 e. The fraction of sp³-hybridized carbons (Fsp3) is 0.692. The molecule has 0 saturated heterocycles. The minimum absolute atomic E-state index is 0.641. The van der Waals surface area contributed by atoms with Crippen LogP contribution in [0.1, 0.15) is 31.1 Å². The molecular weight excluding hydrogens is 296 g/mol. The third kappa shape index (κ3) is 4.70. The monoisotopic (exact) mass is 316 g/mol. The van der Waals surface area contributed by atoms with Crippen LogP contribution in [0.15, 0.2) is 15.9 Å². The van der Waals surface area contributed by atoms with Gasteiger partial charge in [0.2, 0.25) is 0 Å². The van der Waals surface area contributed by atoms with Crippen molar-refractivity contribution in [1.82, 2.24) is 10.2 Å². The van der Waals surface area contributed by atoms with Crippen LogP contribution >= 0.6 is 27.3 Å². The van der Waals surface area contributed by atoms with E-state index >= 15 is 0 Å². The van der Waals surface area contributed by atoms with Crippen molar-refractivity contribution in [3.8, 4) is 0 Å². The lowest BCUT2D eigenvalue weighted by Crippen LogP contribution is -2.32. The van der Waals surface area contributed by atoms with Gasteiger partial charge in [-0.1, -0.05) is 0 Å². The van der Waals surface area contributed by atoms with E-state index in [4.69, 9.17) is 0 Å². The van der Waals surface area contributed by atoms with Crippen molar-refractivity contribution in [3.63, 3.8) is 0 Å². The summed E-state index contributed by atoms with van der Waals surface area (Å²) in [5.41, 5.74) is 0. The van der Waals surface area contributed by atoms with Crippen LogP contribution in [0.5, 0.6) is 0 Å². The quantitative estimate of drug-likeness (QED) is 0.828. The summed E-state index contributed by atoms with van der Waals surface area (Å²) in [5.74, 6) is 0. The Labute approximate surface area is 117 Å². The summed E-state index contributed by atoms with van der Waals surface area (Å²) in [7, 11) is 2.22. The molecule has 1 fully saturated rings. The average Bonchev–Trinajstić information content (AvgIpc) is 3.02. The summed E-state index contributed by atoms with van der Waals surface area (Å²) >= 11 is 5.34. The summed E-state index contributed by atoms with van der Waals surface area (Å²) in [4.78, 5) is 3.87. The Bertz CT molecular complexity index is 349. The van der Waals surface area contributed by atoms with Gasteiger partial charge in [0.1, 0.15) is 0 Å². The van der Waals surface area contributed by atoms with Crippen LogP contribution in [0.2, 0.25) is 0 Å². The summed E-state index contributed by atoms with van der Waals surface area (Å²) in [6, 6.07) is 3.69. The number of hydrogen-bond donors (Lipinski definition) is 1. The number of thiophene rings is 1. The minimum atomic E-state index is 0.641. The molecule has 1 N–H and O–H groups in total. The van der Waals surface area contributed by atoms with Crippen molar-refractivity contribution >= 4 is 27.3 Å². The van der Waals surface area contributed by atoms with Gasteiger partial charge in [-0.15, -0.1) is 11.3 Å². The molecule has 0 aromatic carbocycles. The van der Waals surface area contributed by atoms with Crippen molar-refractivity contribution in [2.75, 3.05) is 13.6 Å². The van der Waals surface area contributed by atoms with E-state index in [9.17, 15) is 0 Å². The zero-order valence-electron chi connectivity index (χ0n) is 10.6. The zero-order valence-corrected chi connectivity index (χ0v) is 13.0. The fourth-order valence-electron chi connectivity index (χ4n) is 1.84. The first-order valence-electron chi connectivity index (χ1n) is 6.31. The standard InChI is InChI=1S/C13H21BrN2S/c1-10(5-6-15-12-3-4-12)16(2)8-13-7-11(14)9-17-13/h7,9-10,12,15H,3-6,8H2,1-2H3. The summed E-state index contributed by atoms with van der Waals surface area (Å²) in [5, 5.41) is 5.73. The molecule has 0 amide bonds. The van der Waals surface area contributed by atoms with E-state index in [1.807, 2.05) is 11.3 Å². The van der Waals surface area contributed by atoms with Crippen LogP contribution in [0.3, 0.4) is 0 Å².